The number of aromatic nitrogens is 4. The predicted molar refractivity (Wildman–Crippen MR) is 107 cm³/mol. The Balaban J connectivity index is 1.35. The SMILES string of the molecule is CCn1c(C(=O)NCC2CC2)nc2c(NC3CCN(C(=O)C4CC4)C3)ncnc21. The minimum Gasteiger partial charge on any atom is -0.364 e. The number of likely N-dealkylation sites (tertiary alicyclic amines) is 1. The molecular formula is C20H27N7O2. The zero-order valence-electron chi connectivity index (χ0n) is 16.7. The number of imidazole rings is 1. The first-order chi connectivity index (χ1) is 14.1. The summed E-state index contributed by atoms with van der Waals surface area (Å²) in [4.78, 5) is 40.3. The fourth-order valence-corrected chi connectivity index (χ4v) is 4.01. The van der Waals surface area contributed by atoms with Crippen molar-refractivity contribution in [2.24, 2.45) is 11.8 Å². The van der Waals surface area contributed by atoms with Gasteiger partial charge >= 0.3 is 0 Å². The van der Waals surface area contributed by atoms with Crippen LogP contribution in [0.4, 0.5) is 5.82 Å². The average molecular weight is 397 g/mol. The van der Waals surface area contributed by atoms with Gasteiger partial charge in [-0.05, 0) is 44.9 Å². The lowest BCUT2D eigenvalue weighted by Crippen LogP contribution is -2.32. The number of hydrogen-bond acceptors (Lipinski definition) is 6. The molecule has 2 amide bonds. The number of hydrogen-bond donors (Lipinski definition) is 2. The third-order valence-electron chi connectivity index (χ3n) is 6.07. The highest BCUT2D eigenvalue weighted by atomic mass is 16.2. The Morgan fingerprint density at radius 3 is 2.72 bits per heavy atom. The number of nitrogens with zero attached hydrogens (tertiary/aromatic N) is 5. The van der Waals surface area contributed by atoms with E-state index in [0.29, 0.717) is 48.4 Å². The lowest BCUT2D eigenvalue weighted by atomic mass is 10.2. The number of carbonyl (C=O) groups is 2. The van der Waals surface area contributed by atoms with Gasteiger partial charge in [-0.15, -0.1) is 0 Å². The molecule has 0 spiro atoms. The summed E-state index contributed by atoms with van der Waals surface area (Å²) in [6.45, 7) is 4.75. The van der Waals surface area contributed by atoms with Crippen LogP contribution in [0.15, 0.2) is 6.33 Å². The topological polar surface area (TPSA) is 105 Å². The van der Waals surface area contributed by atoms with Crippen molar-refractivity contribution in [3.63, 3.8) is 0 Å². The van der Waals surface area contributed by atoms with Crippen LogP contribution in [0, 0.1) is 11.8 Å². The second-order valence-corrected chi connectivity index (χ2v) is 8.42. The molecule has 1 atom stereocenters. The first-order valence-corrected chi connectivity index (χ1v) is 10.7. The number of amides is 2. The van der Waals surface area contributed by atoms with E-state index in [1.54, 1.807) is 0 Å². The number of carbonyl (C=O) groups excluding carboxylic acids is 2. The summed E-state index contributed by atoms with van der Waals surface area (Å²) >= 11 is 0. The van der Waals surface area contributed by atoms with E-state index in [2.05, 4.69) is 25.6 Å². The molecule has 2 saturated carbocycles. The molecule has 154 valence electrons. The standard InChI is InChI=1S/C20H27N7O2/c1-2-27-17-15(25-18(27)19(28)21-9-12-3-4-12)16(22-11-23-17)24-14-7-8-26(10-14)20(29)13-5-6-13/h11-14H,2-10H2,1H3,(H,21,28)(H,22,23,24). The van der Waals surface area contributed by atoms with Crippen LogP contribution in [0.1, 0.15) is 49.6 Å². The van der Waals surface area contributed by atoms with E-state index in [4.69, 9.17) is 0 Å². The minimum absolute atomic E-state index is 0.134. The third kappa shape index (κ3) is 3.65. The molecule has 0 bridgehead atoms. The zero-order chi connectivity index (χ0) is 20.0. The lowest BCUT2D eigenvalue weighted by molar-refractivity contribution is -0.131. The highest BCUT2D eigenvalue weighted by Crippen LogP contribution is 2.32. The maximum atomic E-state index is 12.7. The van der Waals surface area contributed by atoms with Gasteiger partial charge in [0.05, 0.1) is 0 Å². The summed E-state index contributed by atoms with van der Waals surface area (Å²) in [5.41, 5.74) is 1.27. The van der Waals surface area contributed by atoms with Crippen LogP contribution >= 0.6 is 0 Å². The number of anilines is 1. The smallest absolute Gasteiger partial charge is 0.287 e. The molecule has 3 heterocycles. The molecule has 5 rings (SSSR count). The second-order valence-electron chi connectivity index (χ2n) is 8.42. The molecule has 1 saturated heterocycles. The summed E-state index contributed by atoms with van der Waals surface area (Å²) in [5.74, 6) is 1.99. The molecule has 3 aliphatic rings. The van der Waals surface area contributed by atoms with Crippen molar-refractivity contribution in [3.8, 4) is 0 Å². The Bertz CT molecular complexity index is 948. The van der Waals surface area contributed by atoms with Gasteiger partial charge in [-0.25, -0.2) is 15.0 Å². The van der Waals surface area contributed by atoms with Crippen molar-refractivity contribution < 1.29 is 9.59 Å². The van der Waals surface area contributed by atoms with Gasteiger partial charge in [-0.2, -0.15) is 0 Å². The fourth-order valence-electron chi connectivity index (χ4n) is 4.01. The van der Waals surface area contributed by atoms with Crippen LogP contribution in [0.3, 0.4) is 0 Å². The molecule has 2 aliphatic carbocycles. The van der Waals surface area contributed by atoms with Gasteiger partial charge in [-0.3, -0.25) is 9.59 Å². The Hall–Kier alpha value is -2.71. The van der Waals surface area contributed by atoms with Crippen molar-refractivity contribution in [2.45, 2.75) is 51.6 Å². The molecule has 2 N–H and O–H groups in total. The molecule has 1 unspecified atom stereocenters. The normalized spacial score (nSPS) is 21.6. The van der Waals surface area contributed by atoms with Crippen LogP contribution in [0.25, 0.3) is 11.2 Å². The van der Waals surface area contributed by atoms with Crippen LogP contribution in [0.2, 0.25) is 0 Å². The molecule has 2 aromatic heterocycles. The van der Waals surface area contributed by atoms with Crippen molar-refractivity contribution in [1.82, 2.24) is 29.7 Å². The van der Waals surface area contributed by atoms with E-state index in [9.17, 15) is 9.59 Å². The molecule has 9 nitrogen and oxygen atoms in total. The minimum atomic E-state index is -0.162. The maximum Gasteiger partial charge on any atom is 0.287 e. The quantitative estimate of drug-likeness (QED) is 0.732. The molecule has 2 aromatic rings. The van der Waals surface area contributed by atoms with Gasteiger partial charge in [0, 0.05) is 38.1 Å². The number of nitrogens with one attached hydrogen (secondary N) is 2. The molecular weight excluding hydrogens is 370 g/mol. The Kier molecular flexibility index (Phi) is 4.60. The highest BCUT2D eigenvalue weighted by Gasteiger charge is 2.37. The summed E-state index contributed by atoms with van der Waals surface area (Å²) in [6.07, 6.45) is 6.82. The molecule has 29 heavy (non-hydrogen) atoms. The highest BCUT2D eigenvalue weighted by molar-refractivity contribution is 5.96. The first kappa shape index (κ1) is 18.3. The van der Waals surface area contributed by atoms with Crippen LogP contribution in [-0.4, -0.2) is 61.9 Å². The summed E-state index contributed by atoms with van der Waals surface area (Å²) in [6, 6.07) is 0.134. The van der Waals surface area contributed by atoms with Crippen molar-refractivity contribution in [3.05, 3.63) is 12.2 Å². The second kappa shape index (κ2) is 7.27. The van der Waals surface area contributed by atoms with Crippen LogP contribution in [0.5, 0.6) is 0 Å². The lowest BCUT2D eigenvalue weighted by Gasteiger charge is -2.17. The van der Waals surface area contributed by atoms with Gasteiger partial charge in [-0.1, -0.05) is 0 Å². The third-order valence-corrected chi connectivity index (χ3v) is 6.07. The van der Waals surface area contributed by atoms with E-state index < -0.39 is 0 Å². The average Bonchev–Trinajstić information content (AvgIpc) is 3.65. The van der Waals surface area contributed by atoms with Gasteiger partial charge in [0.25, 0.3) is 5.91 Å². The Morgan fingerprint density at radius 2 is 2.00 bits per heavy atom. The zero-order valence-corrected chi connectivity index (χ0v) is 16.7. The van der Waals surface area contributed by atoms with Gasteiger partial charge in [0.15, 0.2) is 17.0 Å². The van der Waals surface area contributed by atoms with Gasteiger partial charge in [0.1, 0.15) is 6.33 Å². The Morgan fingerprint density at radius 1 is 1.17 bits per heavy atom. The summed E-state index contributed by atoms with van der Waals surface area (Å²) in [5, 5.41) is 6.43. The van der Waals surface area contributed by atoms with E-state index in [0.717, 1.165) is 25.8 Å². The predicted octanol–water partition coefficient (Wildman–Crippen LogP) is 1.41. The summed E-state index contributed by atoms with van der Waals surface area (Å²) in [7, 11) is 0. The van der Waals surface area contributed by atoms with E-state index in [1.807, 2.05) is 16.4 Å². The largest absolute Gasteiger partial charge is 0.364 e. The summed E-state index contributed by atoms with van der Waals surface area (Å²) < 4.78 is 1.84. The van der Waals surface area contributed by atoms with Crippen LogP contribution < -0.4 is 10.6 Å². The maximum absolute atomic E-state index is 12.7. The number of rotatable bonds is 7. The monoisotopic (exact) mass is 397 g/mol. The van der Waals surface area contributed by atoms with Crippen LogP contribution in [-0.2, 0) is 11.3 Å². The first-order valence-electron chi connectivity index (χ1n) is 10.7. The molecule has 0 aromatic carbocycles. The number of aryl methyl sites for hydroxylation is 1. The van der Waals surface area contributed by atoms with E-state index in [1.165, 1.54) is 19.2 Å². The molecule has 1 aliphatic heterocycles. The molecule has 3 fully saturated rings. The van der Waals surface area contributed by atoms with Gasteiger partial charge in [0.2, 0.25) is 11.7 Å². The molecule has 0 radical (unpaired) electrons. The molecule has 9 heteroatoms. The fraction of sp³-hybridized carbons (Fsp3) is 0.650. The number of fused-ring (bicyclic) bond motifs is 1. The van der Waals surface area contributed by atoms with Crippen molar-refractivity contribution in [1.29, 1.82) is 0 Å². The van der Waals surface area contributed by atoms with Gasteiger partial charge < -0.3 is 20.1 Å². The van der Waals surface area contributed by atoms with E-state index >= 15 is 0 Å². The van der Waals surface area contributed by atoms with E-state index in [-0.39, 0.29) is 23.8 Å². The van der Waals surface area contributed by atoms with Crippen molar-refractivity contribution >= 4 is 28.8 Å². The Labute approximate surface area is 169 Å². The van der Waals surface area contributed by atoms with Crippen molar-refractivity contribution in [2.75, 3.05) is 25.0 Å².